The molecule has 1 fully saturated rings. The topological polar surface area (TPSA) is 66.4 Å². The fourth-order valence-corrected chi connectivity index (χ4v) is 2.81. The molecule has 1 saturated carbocycles. The van der Waals surface area contributed by atoms with Crippen LogP contribution in [0.1, 0.15) is 25.3 Å². The molecule has 0 bridgehead atoms. The summed E-state index contributed by atoms with van der Waals surface area (Å²) < 4.78 is 13.2. The van der Waals surface area contributed by atoms with Crippen molar-refractivity contribution in [2.75, 3.05) is 5.32 Å². The molecule has 0 saturated heterocycles. The van der Waals surface area contributed by atoms with Crippen LogP contribution < -0.4 is 5.32 Å². The van der Waals surface area contributed by atoms with Gasteiger partial charge in [-0.15, -0.1) is 0 Å². The Morgan fingerprint density at radius 3 is 2.55 bits per heavy atom. The van der Waals surface area contributed by atoms with Crippen LogP contribution in [0, 0.1) is 30.5 Å². The number of anilines is 1. The highest BCUT2D eigenvalue weighted by Crippen LogP contribution is 2.37. The Bertz CT molecular complexity index is 544. The van der Waals surface area contributed by atoms with Gasteiger partial charge in [-0.25, -0.2) is 4.39 Å². The lowest BCUT2D eigenvalue weighted by atomic mass is 9.95. The van der Waals surface area contributed by atoms with Crippen LogP contribution in [0.3, 0.4) is 0 Å². The average Bonchev–Trinajstić information content (AvgIpc) is 2.76. The molecule has 3 atom stereocenters. The summed E-state index contributed by atoms with van der Waals surface area (Å²) in [5, 5.41) is 11.9. The first-order valence-electron chi connectivity index (χ1n) is 6.68. The summed E-state index contributed by atoms with van der Waals surface area (Å²) in [6.45, 7) is 3.56. The van der Waals surface area contributed by atoms with Crippen LogP contribution in [-0.2, 0) is 9.59 Å². The first kappa shape index (κ1) is 14.5. The molecule has 0 spiro atoms. The van der Waals surface area contributed by atoms with Gasteiger partial charge in [0.15, 0.2) is 0 Å². The minimum Gasteiger partial charge on any atom is -0.481 e. The fourth-order valence-electron chi connectivity index (χ4n) is 2.81. The van der Waals surface area contributed by atoms with Crippen molar-refractivity contribution in [2.24, 2.45) is 17.8 Å². The molecule has 2 N–H and O–H groups in total. The average molecular weight is 279 g/mol. The highest BCUT2D eigenvalue weighted by molar-refractivity contribution is 5.95. The van der Waals surface area contributed by atoms with Crippen molar-refractivity contribution in [2.45, 2.75) is 26.7 Å². The molecule has 4 nitrogen and oxygen atoms in total. The number of benzene rings is 1. The summed E-state index contributed by atoms with van der Waals surface area (Å²) in [4.78, 5) is 23.4. The zero-order valence-electron chi connectivity index (χ0n) is 11.5. The lowest BCUT2D eigenvalue weighted by Gasteiger charge is -2.15. The predicted octanol–water partition coefficient (Wildman–Crippen LogP) is 2.82. The molecule has 1 aliphatic carbocycles. The quantitative estimate of drug-likeness (QED) is 0.894. The van der Waals surface area contributed by atoms with Gasteiger partial charge in [0.05, 0.1) is 11.8 Å². The molecule has 5 heteroatoms. The number of halogens is 1. The Morgan fingerprint density at radius 1 is 1.30 bits per heavy atom. The molecule has 0 aliphatic heterocycles. The first-order valence-corrected chi connectivity index (χ1v) is 6.68. The van der Waals surface area contributed by atoms with Gasteiger partial charge in [-0.2, -0.15) is 0 Å². The van der Waals surface area contributed by atoms with Crippen molar-refractivity contribution in [3.05, 3.63) is 29.6 Å². The standard InChI is InChI=1S/C15H18FNO3/c1-8-5-11(12(6-8)15(19)20)14(18)17-10-3-4-13(16)9(2)7-10/h3-4,7-8,11-12H,5-6H2,1-2H3,(H,17,18)(H,19,20)/t8?,11-,12+/m0/s1. The summed E-state index contributed by atoms with van der Waals surface area (Å²) in [5.74, 6) is -2.49. The Labute approximate surface area is 117 Å². The van der Waals surface area contributed by atoms with Crippen molar-refractivity contribution in [3.8, 4) is 0 Å². The van der Waals surface area contributed by atoms with E-state index in [1.807, 2.05) is 6.92 Å². The third kappa shape index (κ3) is 2.98. The monoisotopic (exact) mass is 279 g/mol. The van der Waals surface area contributed by atoms with E-state index in [0.29, 0.717) is 24.1 Å². The van der Waals surface area contributed by atoms with Crippen molar-refractivity contribution in [1.82, 2.24) is 0 Å². The molecule has 1 aliphatic rings. The summed E-state index contributed by atoms with van der Waals surface area (Å²) >= 11 is 0. The summed E-state index contributed by atoms with van der Waals surface area (Å²) in [7, 11) is 0. The van der Waals surface area contributed by atoms with Crippen LogP contribution in [-0.4, -0.2) is 17.0 Å². The summed E-state index contributed by atoms with van der Waals surface area (Å²) in [6.07, 6.45) is 1.10. The lowest BCUT2D eigenvalue weighted by molar-refractivity contribution is -0.145. The van der Waals surface area contributed by atoms with Gasteiger partial charge >= 0.3 is 5.97 Å². The molecule has 2 rings (SSSR count). The molecular formula is C15H18FNO3. The maximum atomic E-state index is 13.2. The number of nitrogens with one attached hydrogen (secondary N) is 1. The van der Waals surface area contributed by atoms with Gasteiger partial charge in [-0.3, -0.25) is 9.59 Å². The van der Waals surface area contributed by atoms with Crippen molar-refractivity contribution in [3.63, 3.8) is 0 Å². The van der Waals surface area contributed by atoms with E-state index in [2.05, 4.69) is 5.32 Å². The van der Waals surface area contributed by atoms with Crippen LogP contribution in [0.25, 0.3) is 0 Å². The van der Waals surface area contributed by atoms with E-state index in [1.165, 1.54) is 12.1 Å². The molecule has 0 radical (unpaired) electrons. The summed E-state index contributed by atoms with van der Waals surface area (Å²) in [6, 6.07) is 4.31. The van der Waals surface area contributed by atoms with Gasteiger partial charge < -0.3 is 10.4 Å². The SMILES string of the molecule is Cc1cc(NC(=O)[C@H]2CC(C)C[C@H]2C(=O)O)ccc1F. The molecule has 108 valence electrons. The minimum absolute atomic E-state index is 0.224. The van der Waals surface area contributed by atoms with Crippen LogP contribution in [0.2, 0.25) is 0 Å². The van der Waals surface area contributed by atoms with E-state index < -0.39 is 17.8 Å². The Morgan fingerprint density at radius 2 is 1.95 bits per heavy atom. The van der Waals surface area contributed by atoms with Crippen LogP contribution in [0.4, 0.5) is 10.1 Å². The maximum Gasteiger partial charge on any atom is 0.307 e. The van der Waals surface area contributed by atoms with Gasteiger partial charge in [0, 0.05) is 5.69 Å². The molecule has 0 heterocycles. The number of hydrogen-bond acceptors (Lipinski definition) is 2. The van der Waals surface area contributed by atoms with E-state index in [1.54, 1.807) is 13.0 Å². The summed E-state index contributed by atoms with van der Waals surface area (Å²) in [5.41, 5.74) is 0.940. The second-order valence-corrected chi connectivity index (χ2v) is 5.58. The number of aliphatic carboxylic acids is 1. The number of carbonyl (C=O) groups excluding carboxylic acids is 1. The normalized spacial score (nSPS) is 25.4. The number of aryl methyl sites for hydroxylation is 1. The van der Waals surface area contributed by atoms with Crippen LogP contribution in [0.15, 0.2) is 18.2 Å². The molecule has 1 aromatic carbocycles. The molecule has 1 aromatic rings. The smallest absolute Gasteiger partial charge is 0.307 e. The largest absolute Gasteiger partial charge is 0.481 e. The second-order valence-electron chi connectivity index (χ2n) is 5.58. The van der Waals surface area contributed by atoms with Gasteiger partial charge in [-0.05, 0) is 49.4 Å². The molecular weight excluding hydrogens is 261 g/mol. The Kier molecular flexibility index (Phi) is 4.06. The van der Waals surface area contributed by atoms with Crippen LogP contribution in [0.5, 0.6) is 0 Å². The van der Waals surface area contributed by atoms with Crippen molar-refractivity contribution < 1.29 is 19.1 Å². The van der Waals surface area contributed by atoms with E-state index in [-0.39, 0.29) is 17.6 Å². The molecule has 0 aromatic heterocycles. The van der Waals surface area contributed by atoms with Gasteiger partial charge in [0.2, 0.25) is 5.91 Å². The minimum atomic E-state index is -0.926. The molecule has 20 heavy (non-hydrogen) atoms. The Hall–Kier alpha value is -1.91. The van der Waals surface area contributed by atoms with E-state index in [0.717, 1.165) is 0 Å². The highest BCUT2D eigenvalue weighted by atomic mass is 19.1. The fraction of sp³-hybridized carbons (Fsp3) is 0.467. The number of carboxylic acid groups (broad SMARTS) is 1. The third-order valence-electron chi connectivity index (χ3n) is 3.88. The predicted molar refractivity (Wildman–Crippen MR) is 72.8 cm³/mol. The third-order valence-corrected chi connectivity index (χ3v) is 3.88. The van der Waals surface area contributed by atoms with Crippen molar-refractivity contribution >= 4 is 17.6 Å². The van der Waals surface area contributed by atoms with E-state index in [4.69, 9.17) is 5.11 Å². The zero-order chi connectivity index (χ0) is 14.9. The second kappa shape index (κ2) is 5.61. The maximum absolute atomic E-state index is 13.2. The van der Waals surface area contributed by atoms with Gasteiger partial charge in [0.1, 0.15) is 5.82 Å². The van der Waals surface area contributed by atoms with Gasteiger partial charge in [0.25, 0.3) is 0 Å². The Balaban J connectivity index is 2.11. The van der Waals surface area contributed by atoms with Crippen molar-refractivity contribution in [1.29, 1.82) is 0 Å². The lowest BCUT2D eigenvalue weighted by Crippen LogP contribution is -2.30. The number of carbonyl (C=O) groups is 2. The molecule has 1 unspecified atom stereocenters. The van der Waals surface area contributed by atoms with Gasteiger partial charge in [-0.1, -0.05) is 6.92 Å². The number of carboxylic acids is 1. The number of rotatable bonds is 3. The first-order chi connectivity index (χ1) is 9.38. The zero-order valence-corrected chi connectivity index (χ0v) is 11.5. The van der Waals surface area contributed by atoms with E-state index in [9.17, 15) is 14.0 Å². The molecule has 1 amide bonds. The number of hydrogen-bond donors (Lipinski definition) is 2. The van der Waals surface area contributed by atoms with E-state index >= 15 is 0 Å². The number of amides is 1. The van der Waals surface area contributed by atoms with Crippen LogP contribution >= 0.6 is 0 Å². The highest BCUT2D eigenvalue weighted by Gasteiger charge is 2.41.